The van der Waals surface area contributed by atoms with Crippen molar-refractivity contribution in [3.05, 3.63) is 29.3 Å². The lowest BCUT2D eigenvalue weighted by atomic mass is 10.1. The van der Waals surface area contributed by atoms with Gasteiger partial charge in [0.15, 0.2) is 0 Å². The van der Waals surface area contributed by atoms with Gasteiger partial charge in [-0.1, -0.05) is 12.1 Å². The lowest BCUT2D eigenvalue weighted by molar-refractivity contribution is -0.141. The van der Waals surface area contributed by atoms with E-state index in [1.54, 1.807) is 12.1 Å². The van der Waals surface area contributed by atoms with Crippen LogP contribution in [0.5, 0.6) is 5.75 Å². The molecule has 0 bridgehead atoms. The van der Waals surface area contributed by atoms with Gasteiger partial charge in [0.05, 0.1) is 5.56 Å². The van der Waals surface area contributed by atoms with E-state index in [-0.39, 0.29) is 19.2 Å². The van der Waals surface area contributed by atoms with Crippen LogP contribution >= 0.6 is 0 Å². The predicted molar refractivity (Wildman–Crippen MR) is 58.0 cm³/mol. The number of aryl methyl sites for hydroxylation is 1. The van der Waals surface area contributed by atoms with Crippen molar-refractivity contribution < 1.29 is 14.3 Å². The van der Waals surface area contributed by atoms with Crippen LogP contribution in [0.3, 0.4) is 0 Å². The molecule has 84 valence electrons. The van der Waals surface area contributed by atoms with Crippen molar-refractivity contribution in [3.63, 3.8) is 0 Å². The summed E-state index contributed by atoms with van der Waals surface area (Å²) >= 11 is 0. The van der Waals surface area contributed by atoms with E-state index in [1.165, 1.54) is 6.92 Å². The molecule has 16 heavy (non-hydrogen) atoms. The molecule has 0 saturated heterocycles. The maximum Gasteiger partial charge on any atom is 0.302 e. The van der Waals surface area contributed by atoms with Crippen LogP contribution in [0.15, 0.2) is 18.2 Å². The van der Waals surface area contributed by atoms with E-state index in [0.29, 0.717) is 11.3 Å². The van der Waals surface area contributed by atoms with Crippen molar-refractivity contribution in [2.24, 2.45) is 0 Å². The van der Waals surface area contributed by atoms with Gasteiger partial charge in [-0.25, -0.2) is 0 Å². The van der Waals surface area contributed by atoms with E-state index in [0.717, 1.165) is 5.56 Å². The van der Waals surface area contributed by atoms with Gasteiger partial charge >= 0.3 is 5.97 Å². The maximum atomic E-state index is 10.5. The second-order valence-corrected chi connectivity index (χ2v) is 3.25. The summed E-state index contributed by atoms with van der Waals surface area (Å²) in [6.07, 6.45) is 0. The molecular formula is C12H13NO3. The highest BCUT2D eigenvalue weighted by molar-refractivity contribution is 5.65. The molecule has 0 aliphatic carbocycles. The number of para-hydroxylation sites is 1. The lowest BCUT2D eigenvalue weighted by Crippen LogP contribution is -2.10. The molecule has 0 saturated carbocycles. The van der Waals surface area contributed by atoms with Crippen LogP contribution < -0.4 is 4.74 Å². The molecule has 1 aromatic rings. The first kappa shape index (κ1) is 12.1. The highest BCUT2D eigenvalue weighted by atomic mass is 16.6. The van der Waals surface area contributed by atoms with Gasteiger partial charge in [0, 0.05) is 6.92 Å². The number of carbonyl (C=O) groups is 1. The Morgan fingerprint density at radius 2 is 2.19 bits per heavy atom. The predicted octanol–water partition coefficient (Wildman–Crippen LogP) is 1.81. The third kappa shape index (κ3) is 3.28. The number of esters is 1. The summed E-state index contributed by atoms with van der Waals surface area (Å²) in [6, 6.07) is 7.40. The maximum absolute atomic E-state index is 10.5. The summed E-state index contributed by atoms with van der Waals surface area (Å²) in [4.78, 5) is 10.5. The first-order valence-corrected chi connectivity index (χ1v) is 4.91. The van der Waals surface area contributed by atoms with Gasteiger partial charge in [-0.2, -0.15) is 5.26 Å². The number of rotatable bonds is 4. The van der Waals surface area contributed by atoms with Crippen molar-refractivity contribution >= 4 is 5.97 Å². The molecule has 0 aromatic heterocycles. The topological polar surface area (TPSA) is 59.3 Å². The van der Waals surface area contributed by atoms with Crippen molar-refractivity contribution in [3.8, 4) is 11.8 Å². The van der Waals surface area contributed by atoms with Gasteiger partial charge in [0.25, 0.3) is 0 Å². The van der Waals surface area contributed by atoms with Crippen LogP contribution in [0.25, 0.3) is 0 Å². The first-order valence-electron chi connectivity index (χ1n) is 4.91. The molecule has 0 amide bonds. The van der Waals surface area contributed by atoms with Gasteiger partial charge < -0.3 is 9.47 Å². The summed E-state index contributed by atoms with van der Waals surface area (Å²) in [5.74, 6) is 0.214. The summed E-state index contributed by atoms with van der Waals surface area (Å²) < 4.78 is 10.1. The molecular weight excluding hydrogens is 206 g/mol. The fourth-order valence-corrected chi connectivity index (χ4v) is 1.26. The zero-order chi connectivity index (χ0) is 12.0. The van der Waals surface area contributed by atoms with E-state index in [1.807, 2.05) is 13.0 Å². The van der Waals surface area contributed by atoms with E-state index in [2.05, 4.69) is 6.07 Å². The second-order valence-electron chi connectivity index (χ2n) is 3.25. The average Bonchev–Trinajstić information content (AvgIpc) is 2.25. The standard InChI is InChI=1S/C12H13NO3/c1-9-4-3-5-11(8-13)12(9)16-7-6-15-10(2)14/h3-5H,6-7H2,1-2H3. The van der Waals surface area contributed by atoms with Crippen molar-refractivity contribution in [2.75, 3.05) is 13.2 Å². The monoisotopic (exact) mass is 219 g/mol. The third-order valence-electron chi connectivity index (χ3n) is 1.97. The van der Waals surface area contributed by atoms with E-state index >= 15 is 0 Å². The Labute approximate surface area is 94.4 Å². The average molecular weight is 219 g/mol. The van der Waals surface area contributed by atoms with Gasteiger partial charge in [0.2, 0.25) is 0 Å². The number of hydrogen-bond donors (Lipinski definition) is 0. The summed E-state index contributed by atoms with van der Waals surface area (Å²) in [7, 11) is 0. The third-order valence-corrected chi connectivity index (χ3v) is 1.97. The minimum absolute atomic E-state index is 0.189. The van der Waals surface area contributed by atoms with Gasteiger partial charge in [0.1, 0.15) is 25.0 Å². The number of carbonyl (C=O) groups excluding carboxylic acids is 1. The normalized spacial score (nSPS) is 9.31. The SMILES string of the molecule is CC(=O)OCCOc1c(C)cccc1C#N. The van der Waals surface area contributed by atoms with Gasteiger partial charge in [-0.3, -0.25) is 4.79 Å². The van der Waals surface area contributed by atoms with E-state index in [9.17, 15) is 4.79 Å². The Morgan fingerprint density at radius 3 is 2.81 bits per heavy atom. The molecule has 0 radical (unpaired) electrons. The smallest absolute Gasteiger partial charge is 0.302 e. The Morgan fingerprint density at radius 1 is 1.44 bits per heavy atom. The summed E-state index contributed by atoms with van der Waals surface area (Å²) in [5.41, 5.74) is 1.38. The number of benzene rings is 1. The highest BCUT2D eigenvalue weighted by Gasteiger charge is 2.06. The van der Waals surface area contributed by atoms with E-state index < -0.39 is 0 Å². The minimum Gasteiger partial charge on any atom is -0.488 e. The van der Waals surface area contributed by atoms with Crippen LogP contribution in [0.1, 0.15) is 18.1 Å². The van der Waals surface area contributed by atoms with Crippen molar-refractivity contribution in [2.45, 2.75) is 13.8 Å². The summed E-state index contributed by atoms with van der Waals surface area (Å²) in [6.45, 7) is 3.64. The first-order chi connectivity index (χ1) is 7.65. The van der Waals surface area contributed by atoms with Crippen molar-refractivity contribution in [1.82, 2.24) is 0 Å². The zero-order valence-corrected chi connectivity index (χ0v) is 9.32. The molecule has 0 heterocycles. The Balaban J connectivity index is 2.60. The zero-order valence-electron chi connectivity index (χ0n) is 9.32. The molecule has 0 unspecified atom stereocenters. The largest absolute Gasteiger partial charge is 0.488 e. The molecule has 0 aliphatic rings. The Hall–Kier alpha value is -2.02. The molecule has 0 aliphatic heterocycles. The van der Waals surface area contributed by atoms with E-state index in [4.69, 9.17) is 14.7 Å². The fraction of sp³-hybridized carbons (Fsp3) is 0.333. The molecule has 0 fully saturated rings. The van der Waals surface area contributed by atoms with Crippen LogP contribution in [0.4, 0.5) is 0 Å². The quantitative estimate of drug-likeness (QED) is 0.572. The Bertz CT molecular complexity index is 421. The molecule has 4 heteroatoms. The summed E-state index contributed by atoms with van der Waals surface area (Å²) in [5, 5.41) is 8.87. The molecule has 0 atom stereocenters. The minimum atomic E-state index is -0.339. The second kappa shape index (κ2) is 5.76. The van der Waals surface area contributed by atoms with Crippen LogP contribution in [-0.4, -0.2) is 19.2 Å². The number of nitriles is 1. The fourth-order valence-electron chi connectivity index (χ4n) is 1.26. The molecule has 0 spiro atoms. The van der Waals surface area contributed by atoms with Gasteiger partial charge in [-0.15, -0.1) is 0 Å². The Kier molecular flexibility index (Phi) is 4.34. The highest BCUT2D eigenvalue weighted by Crippen LogP contribution is 2.22. The molecule has 1 rings (SSSR count). The molecule has 4 nitrogen and oxygen atoms in total. The van der Waals surface area contributed by atoms with Crippen LogP contribution in [0.2, 0.25) is 0 Å². The lowest BCUT2D eigenvalue weighted by Gasteiger charge is -2.10. The molecule has 1 aromatic carbocycles. The van der Waals surface area contributed by atoms with Crippen LogP contribution in [0, 0.1) is 18.3 Å². The number of hydrogen-bond acceptors (Lipinski definition) is 4. The van der Waals surface area contributed by atoms with Crippen molar-refractivity contribution in [1.29, 1.82) is 5.26 Å². The van der Waals surface area contributed by atoms with Crippen LogP contribution in [-0.2, 0) is 9.53 Å². The number of nitrogens with zero attached hydrogens (tertiary/aromatic N) is 1. The number of ether oxygens (including phenoxy) is 2. The van der Waals surface area contributed by atoms with Gasteiger partial charge in [-0.05, 0) is 18.6 Å². The molecule has 0 N–H and O–H groups in total.